The maximum atomic E-state index is 11.8. The van der Waals surface area contributed by atoms with Crippen LogP contribution in [0.2, 0.25) is 0 Å². The van der Waals surface area contributed by atoms with Gasteiger partial charge in [-0.25, -0.2) is 0 Å². The van der Waals surface area contributed by atoms with Crippen LogP contribution in [-0.2, 0) is 4.79 Å². The Bertz CT molecular complexity index is 602. The molecule has 0 amide bonds. The molecule has 0 saturated heterocycles. The largest absolute Gasteiger partial charge is 0.500 e. The summed E-state index contributed by atoms with van der Waals surface area (Å²) in [7, 11) is 1.31. The lowest BCUT2D eigenvalue weighted by Gasteiger charge is -2.05. The number of benzene rings is 1. The minimum absolute atomic E-state index is 0.00364. The van der Waals surface area contributed by atoms with Crippen LogP contribution in [-0.4, -0.2) is 22.9 Å². The number of ether oxygens (including phenoxy) is 1. The normalized spacial score (nSPS) is 16.1. The first-order valence-corrected chi connectivity index (χ1v) is 6.15. The second-order valence-electron chi connectivity index (χ2n) is 5.11. The predicted molar refractivity (Wildman–Crippen MR) is 72.7 cm³/mol. The Hall–Kier alpha value is -2.37. The number of allylic oxidation sites excluding steroid dienone is 1. The lowest BCUT2D eigenvalue weighted by molar-refractivity contribution is -0.386. The number of hydrogen-bond donors (Lipinski definition) is 1. The van der Waals surface area contributed by atoms with Gasteiger partial charge in [-0.3, -0.25) is 14.9 Å². The standard InChI is InChI=1S/C14H15NO5/c1-14(5-6-14)12(16)4-3-9-7-10(15(18)19)13(17)11(8-9)20-2/h3-4,7-8,17H,5-6H2,1-2H3/b4-3+. The van der Waals surface area contributed by atoms with E-state index in [1.54, 1.807) is 0 Å². The van der Waals surface area contributed by atoms with Gasteiger partial charge in [-0.05, 0) is 30.5 Å². The molecule has 2 rings (SSSR count). The van der Waals surface area contributed by atoms with Crippen LogP contribution in [0.4, 0.5) is 5.69 Å². The topological polar surface area (TPSA) is 89.7 Å². The third kappa shape index (κ3) is 2.64. The van der Waals surface area contributed by atoms with E-state index >= 15 is 0 Å². The van der Waals surface area contributed by atoms with Gasteiger partial charge in [0.05, 0.1) is 12.0 Å². The number of nitro benzene ring substituents is 1. The van der Waals surface area contributed by atoms with Gasteiger partial charge in [-0.1, -0.05) is 13.0 Å². The quantitative estimate of drug-likeness (QED) is 0.507. The maximum Gasteiger partial charge on any atom is 0.315 e. The molecule has 0 spiro atoms. The first-order valence-electron chi connectivity index (χ1n) is 6.15. The van der Waals surface area contributed by atoms with Crippen LogP contribution in [0.3, 0.4) is 0 Å². The molecule has 0 radical (unpaired) electrons. The molecule has 0 bridgehead atoms. The molecule has 1 aromatic carbocycles. The molecule has 1 N–H and O–H groups in total. The molecule has 1 fully saturated rings. The monoisotopic (exact) mass is 277 g/mol. The molecular formula is C14H15NO5. The van der Waals surface area contributed by atoms with Crippen LogP contribution in [0.1, 0.15) is 25.3 Å². The molecule has 0 unspecified atom stereocenters. The van der Waals surface area contributed by atoms with Gasteiger partial charge in [-0.2, -0.15) is 0 Å². The molecule has 0 aromatic heterocycles. The maximum absolute atomic E-state index is 11.8. The fourth-order valence-corrected chi connectivity index (χ4v) is 1.81. The van der Waals surface area contributed by atoms with Gasteiger partial charge in [0.1, 0.15) is 0 Å². The second-order valence-corrected chi connectivity index (χ2v) is 5.11. The smallest absolute Gasteiger partial charge is 0.315 e. The number of phenols is 1. The third-order valence-corrected chi connectivity index (χ3v) is 3.52. The summed E-state index contributed by atoms with van der Waals surface area (Å²) in [5.41, 5.74) is -0.290. The number of ketones is 1. The molecule has 0 atom stereocenters. The average molecular weight is 277 g/mol. The highest BCUT2D eigenvalue weighted by atomic mass is 16.6. The predicted octanol–water partition coefficient (Wildman–Crippen LogP) is 2.69. The van der Waals surface area contributed by atoms with E-state index < -0.39 is 16.4 Å². The highest BCUT2D eigenvalue weighted by Crippen LogP contribution is 2.46. The van der Waals surface area contributed by atoms with Crippen molar-refractivity contribution in [3.05, 3.63) is 33.9 Å². The molecule has 0 heterocycles. The average Bonchev–Trinajstić information content (AvgIpc) is 3.16. The molecule has 6 heteroatoms. The fourth-order valence-electron chi connectivity index (χ4n) is 1.81. The third-order valence-electron chi connectivity index (χ3n) is 3.52. The summed E-state index contributed by atoms with van der Waals surface area (Å²) in [5.74, 6) is -0.508. The number of hydrogen-bond acceptors (Lipinski definition) is 5. The van der Waals surface area contributed by atoms with Gasteiger partial charge in [0.2, 0.25) is 5.75 Å². The Morgan fingerprint density at radius 3 is 2.65 bits per heavy atom. The zero-order chi connectivity index (χ0) is 14.9. The molecule has 1 aliphatic rings. The Morgan fingerprint density at radius 2 is 2.15 bits per heavy atom. The molecule has 1 aromatic rings. The summed E-state index contributed by atoms with van der Waals surface area (Å²) < 4.78 is 4.89. The zero-order valence-electron chi connectivity index (χ0n) is 11.3. The van der Waals surface area contributed by atoms with Crippen molar-refractivity contribution in [1.82, 2.24) is 0 Å². The van der Waals surface area contributed by atoms with E-state index in [-0.39, 0.29) is 16.9 Å². The molecule has 106 valence electrons. The van der Waals surface area contributed by atoms with Gasteiger partial charge < -0.3 is 9.84 Å². The summed E-state index contributed by atoms with van der Waals surface area (Å²) >= 11 is 0. The lowest BCUT2D eigenvalue weighted by atomic mass is 10.0. The number of nitro groups is 1. The van der Waals surface area contributed by atoms with Crippen molar-refractivity contribution in [2.75, 3.05) is 7.11 Å². The number of methoxy groups -OCH3 is 1. The summed E-state index contributed by atoms with van der Waals surface area (Å²) in [4.78, 5) is 22.0. The highest BCUT2D eigenvalue weighted by Gasteiger charge is 2.43. The number of phenolic OH excluding ortho intramolecular Hbond substituents is 1. The first-order chi connectivity index (χ1) is 9.37. The van der Waals surface area contributed by atoms with E-state index in [1.807, 2.05) is 6.92 Å². The Labute approximate surface area is 115 Å². The summed E-state index contributed by atoms with van der Waals surface area (Å²) in [6.07, 6.45) is 4.66. The highest BCUT2D eigenvalue weighted by molar-refractivity contribution is 5.99. The lowest BCUT2D eigenvalue weighted by Crippen LogP contribution is -2.07. The molecule has 1 saturated carbocycles. The Balaban J connectivity index is 2.32. The van der Waals surface area contributed by atoms with Crippen molar-refractivity contribution < 1.29 is 19.6 Å². The Kier molecular flexibility index (Phi) is 3.48. The summed E-state index contributed by atoms with van der Waals surface area (Å²) in [6.45, 7) is 1.89. The zero-order valence-corrected chi connectivity index (χ0v) is 11.3. The summed E-state index contributed by atoms with van der Waals surface area (Å²) in [6, 6.07) is 2.65. The van der Waals surface area contributed by atoms with Gasteiger partial charge in [0.25, 0.3) is 0 Å². The number of carbonyl (C=O) groups is 1. The van der Waals surface area contributed by atoms with Crippen molar-refractivity contribution in [2.24, 2.45) is 5.41 Å². The van der Waals surface area contributed by atoms with E-state index in [2.05, 4.69) is 0 Å². The minimum atomic E-state index is -0.695. The van der Waals surface area contributed by atoms with Crippen LogP contribution in [0, 0.1) is 15.5 Å². The van der Waals surface area contributed by atoms with Gasteiger partial charge >= 0.3 is 5.69 Å². The van der Waals surface area contributed by atoms with Crippen LogP contribution < -0.4 is 4.74 Å². The van der Waals surface area contributed by atoms with Crippen molar-refractivity contribution in [3.8, 4) is 11.5 Å². The SMILES string of the molecule is COc1cc(/C=C/C(=O)C2(C)CC2)cc([N+](=O)[O-])c1O. The van der Waals surface area contributed by atoms with Crippen LogP contribution in [0.25, 0.3) is 6.08 Å². The van der Waals surface area contributed by atoms with Crippen LogP contribution >= 0.6 is 0 Å². The molecule has 1 aliphatic carbocycles. The number of carbonyl (C=O) groups excluding carboxylic acids is 1. The number of rotatable bonds is 5. The van der Waals surface area contributed by atoms with E-state index in [4.69, 9.17) is 4.74 Å². The Morgan fingerprint density at radius 1 is 1.50 bits per heavy atom. The molecule has 6 nitrogen and oxygen atoms in total. The molecular weight excluding hydrogens is 262 g/mol. The first kappa shape index (κ1) is 14.0. The summed E-state index contributed by atoms with van der Waals surface area (Å²) in [5, 5.41) is 20.5. The van der Waals surface area contributed by atoms with E-state index in [0.717, 1.165) is 12.8 Å². The molecule has 20 heavy (non-hydrogen) atoms. The number of nitrogens with zero attached hydrogens (tertiary/aromatic N) is 1. The van der Waals surface area contributed by atoms with Crippen molar-refractivity contribution >= 4 is 17.5 Å². The van der Waals surface area contributed by atoms with Crippen molar-refractivity contribution in [1.29, 1.82) is 0 Å². The fraction of sp³-hybridized carbons (Fsp3) is 0.357. The number of aromatic hydroxyl groups is 1. The second kappa shape index (κ2) is 4.96. The van der Waals surface area contributed by atoms with Gasteiger partial charge in [-0.15, -0.1) is 0 Å². The van der Waals surface area contributed by atoms with Crippen molar-refractivity contribution in [3.63, 3.8) is 0 Å². The minimum Gasteiger partial charge on any atom is -0.500 e. The van der Waals surface area contributed by atoms with E-state index in [9.17, 15) is 20.0 Å². The van der Waals surface area contributed by atoms with Crippen molar-refractivity contribution in [2.45, 2.75) is 19.8 Å². The van der Waals surface area contributed by atoms with Gasteiger partial charge in [0.15, 0.2) is 11.5 Å². The van der Waals surface area contributed by atoms with E-state index in [1.165, 1.54) is 31.4 Å². The van der Waals surface area contributed by atoms with Gasteiger partial charge in [0, 0.05) is 11.5 Å². The van der Waals surface area contributed by atoms with Crippen LogP contribution in [0.5, 0.6) is 11.5 Å². The van der Waals surface area contributed by atoms with E-state index in [0.29, 0.717) is 5.56 Å². The van der Waals surface area contributed by atoms with Crippen LogP contribution in [0.15, 0.2) is 18.2 Å². The molecule has 0 aliphatic heterocycles.